The zero-order valence-corrected chi connectivity index (χ0v) is 17.0. The van der Waals surface area contributed by atoms with Gasteiger partial charge in [0.2, 0.25) is 0 Å². The Morgan fingerprint density at radius 2 is 1.91 bits per heavy atom. The van der Waals surface area contributed by atoms with E-state index >= 15 is 0 Å². The minimum atomic E-state index is 0. The van der Waals surface area contributed by atoms with Crippen LogP contribution in [0.4, 0.5) is 0 Å². The third-order valence-corrected chi connectivity index (χ3v) is 3.41. The Bertz CT molecular complexity index is 495. The van der Waals surface area contributed by atoms with Crippen molar-refractivity contribution in [2.45, 2.75) is 19.4 Å². The van der Waals surface area contributed by atoms with Crippen LogP contribution in [0, 0.1) is 0 Å². The second-order valence-electron chi connectivity index (χ2n) is 5.25. The fourth-order valence-electron chi connectivity index (χ4n) is 2.12. The molecule has 0 amide bonds. The van der Waals surface area contributed by atoms with Gasteiger partial charge >= 0.3 is 0 Å². The summed E-state index contributed by atoms with van der Waals surface area (Å²) in [6, 6.07) is 6.03. The zero-order chi connectivity index (χ0) is 16.5. The van der Waals surface area contributed by atoms with Gasteiger partial charge in [0.25, 0.3) is 0 Å². The lowest BCUT2D eigenvalue weighted by Crippen LogP contribution is -2.33. The van der Waals surface area contributed by atoms with Crippen LogP contribution < -0.4 is 20.5 Å². The molecule has 0 aliphatic heterocycles. The van der Waals surface area contributed by atoms with Crippen molar-refractivity contribution in [3.63, 3.8) is 0 Å². The topological polar surface area (TPSA) is 72.1 Å². The van der Waals surface area contributed by atoms with Gasteiger partial charge in [-0.15, -0.1) is 24.0 Å². The molecule has 6 nitrogen and oxygen atoms in total. The molecule has 0 aromatic heterocycles. The molecule has 23 heavy (non-hydrogen) atoms. The number of methoxy groups -OCH3 is 2. The molecular formula is C16H29IN4O2. The van der Waals surface area contributed by atoms with Crippen molar-refractivity contribution in [2.75, 3.05) is 41.4 Å². The van der Waals surface area contributed by atoms with Crippen LogP contribution in [-0.2, 0) is 0 Å². The Morgan fingerprint density at radius 1 is 1.26 bits per heavy atom. The molecule has 0 heterocycles. The molecular weight excluding hydrogens is 407 g/mol. The highest BCUT2D eigenvalue weighted by molar-refractivity contribution is 14.0. The summed E-state index contributed by atoms with van der Waals surface area (Å²) in [5.74, 6) is 1.92. The van der Waals surface area contributed by atoms with Gasteiger partial charge in [-0.25, -0.2) is 0 Å². The monoisotopic (exact) mass is 436 g/mol. The van der Waals surface area contributed by atoms with E-state index in [1.165, 1.54) is 0 Å². The van der Waals surface area contributed by atoms with Gasteiger partial charge in [-0.2, -0.15) is 0 Å². The number of aliphatic imine (C=N–C) groups is 1. The van der Waals surface area contributed by atoms with E-state index in [2.05, 4.69) is 22.1 Å². The summed E-state index contributed by atoms with van der Waals surface area (Å²) in [5, 5.41) is 3.08. The van der Waals surface area contributed by atoms with Gasteiger partial charge in [0.1, 0.15) is 0 Å². The number of hydrogen-bond acceptors (Lipinski definition) is 4. The third-order valence-electron chi connectivity index (χ3n) is 3.41. The first-order valence-electron chi connectivity index (χ1n) is 7.45. The molecule has 0 spiro atoms. The number of nitrogens with two attached hydrogens (primary N) is 1. The number of benzene rings is 1. The van der Waals surface area contributed by atoms with Crippen LogP contribution in [0.25, 0.3) is 0 Å². The fraction of sp³-hybridized carbons (Fsp3) is 0.562. The highest BCUT2D eigenvalue weighted by atomic mass is 127. The van der Waals surface area contributed by atoms with Crippen molar-refractivity contribution < 1.29 is 9.47 Å². The minimum Gasteiger partial charge on any atom is -0.493 e. The number of halogens is 1. The van der Waals surface area contributed by atoms with E-state index in [-0.39, 0.29) is 30.0 Å². The van der Waals surface area contributed by atoms with Gasteiger partial charge in [0, 0.05) is 6.54 Å². The molecule has 0 radical (unpaired) electrons. The van der Waals surface area contributed by atoms with Gasteiger partial charge in [-0.05, 0) is 38.2 Å². The molecule has 1 unspecified atom stereocenters. The van der Waals surface area contributed by atoms with Crippen LogP contribution >= 0.6 is 24.0 Å². The molecule has 0 saturated heterocycles. The van der Waals surface area contributed by atoms with Crippen molar-refractivity contribution in [2.24, 2.45) is 10.7 Å². The number of guanidine groups is 1. The van der Waals surface area contributed by atoms with E-state index in [9.17, 15) is 0 Å². The van der Waals surface area contributed by atoms with Crippen molar-refractivity contribution >= 4 is 29.9 Å². The Labute approximate surface area is 156 Å². The van der Waals surface area contributed by atoms with Crippen molar-refractivity contribution in [3.8, 4) is 11.5 Å². The van der Waals surface area contributed by atoms with E-state index in [0.29, 0.717) is 18.3 Å². The number of nitrogens with zero attached hydrogens (tertiary/aromatic N) is 2. The summed E-state index contributed by atoms with van der Waals surface area (Å²) < 4.78 is 10.6. The first kappa shape index (κ1) is 21.8. The van der Waals surface area contributed by atoms with Crippen molar-refractivity contribution in [1.29, 1.82) is 0 Å². The molecule has 132 valence electrons. The number of likely N-dealkylation sites (N-methyl/N-ethyl adjacent to an activating group) is 1. The second kappa shape index (κ2) is 11.3. The van der Waals surface area contributed by atoms with E-state index in [0.717, 1.165) is 24.3 Å². The molecule has 3 N–H and O–H groups in total. The maximum atomic E-state index is 5.86. The minimum absolute atomic E-state index is 0. The number of hydrogen-bond donors (Lipinski definition) is 2. The van der Waals surface area contributed by atoms with E-state index in [4.69, 9.17) is 15.2 Å². The largest absolute Gasteiger partial charge is 0.493 e. The highest BCUT2D eigenvalue weighted by Crippen LogP contribution is 2.31. The van der Waals surface area contributed by atoms with Gasteiger partial charge in [0.15, 0.2) is 17.5 Å². The van der Waals surface area contributed by atoms with Gasteiger partial charge in [-0.3, -0.25) is 4.99 Å². The highest BCUT2D eigenvalue weighted by Gasteiger charge is 2.16. The number of ether oxygens (including phenoxy) is 2. The average Bonchev–Trinajstić information content (AvgIpc) is 2.52. The Kier molecular flexibility index (Phi) is 10.7. The van der Waals surface area contributed by atoms with Crippen molar-refractivity contribution in [3.05, 3.63) is 23.8 Å². The predicted molar refractivity (Wildman–Crippen MR) is 106 cm³/mol. The first-order valence-corrected chi connectivity index (χ1v) is 7.45. The lowest BCUT2D eigenvalue weighted by Gasteiger charge is -2.24. The lowest BCUT2D eigenvalue weighted by molar-refractivity contribution is 0.303. The van der Waals surface area contributed by atoms with E-state index < -0.39 is 0 Å². The Hall–Kier alpha value is -1.22. The average molecular weight is 436 g/mol. The van der Waals surface area contributed by atoms with Crippen molar-refractivity contribution in [1.82, 2.24) is 10.2 Å². The molecule has 1 aromatic carbocycles. The summed E-state index contributed by atoms with van der Waals surface area (Å²) in [4.78, 5) is 6.54. The smallest absolute Gasteiger partial charge is 0.188 e. The molecule has 0 saturated carbocycles. The SMILES string of the molecule is CCCNC(N)=NCC(c1ccc(OC)c(OC)c1)N(C)C.I. The van der Waals surface area contributed by atoms with Gasteiger partial charge < -0.3 is 25.4 Å². The van der Waals surface area contributed by atoms with E-state index in [1.54, 1.807) is 14.2 Å². The molecule has 7 heteroatoms. The summed E-state index contributed by atoms with van der Waals surface area (Å²) in [5.41, 5.74) is 6.97. The number of rotatable bonds is 8. The second-order valence-corrected chi connectivity index (χ2v) is 5.25. The predicted octanol–water partition coefficient (Wildman–Crippen LogP) is 2.24. The molecule has 1 rings (SSSR count). The summed E-state index contributed by atoms with van der Waals surface area (Å²) >= 11 is 0. The molecule has 1 aromatic rings. The fourth-order valence-corrected chi connectivity index (χ4v) is 2.12. The van der Waals surface area contributed by atoms with Crippen LogP contribution in [0.5, 0.6) is 11.5 Å². The van der Waals surface area contributed by atoms with Crippen LogP contribution in [-0.4, -0.2) is 52.3 Å². The quantitative estimate of drug-likeness (QED) is 0.372. The first-order chi connectivity index (χ1) is 10.5. The zero-order valence-electron chi connectivity index (χ0n) is 14.6. The molecule has 0 aliphatic rings. The Balaban J connectivity index is 0.00000484. The summed E-state index contributed by atoms with van der Waals surface area (Å²) in [6.07, 6.45) is 1.02. The molecule has 0 fully saturated rings. The van der Waals surface area contributed by atoms with Crippen LogP contribution in [0.1, 0.15) is 24.9 Å². The normalized spacial score (nSPS) is 12.5. The van der Waals surface area contributed by atoms with Crippen LogP contribution in [0.3, 0.4) is 0 Å². The van der Waals surface area contributed by atoms with Gasteiger partial charge in [0.05, 0.1) is 26.8 Å². The Morgan fingerprint density at radius 3 is 2.43 bits per heavy atom. The number of nitrogens with one attached hydrogen (secondary N) is 1. The van der Waals surface area contributed by atoms with Crippen LogP contribution in [0.15, 0.2) is 23.2 Å². The van der Waals surface area contributed by atoms with E-state index in [1.807, 2.05) is 32.3 Å². The summed E-state index contributed by atoms with van der Waals surface area (Å²) in [7, 11) is 7.31. The van der Waals surface area contributed by atoms with Crippen LogP contribution in [0.2, 0.25) is 0 Å². The maximum absolute atomic E-state index is 5.86. The van der Waals surface area contributed by atoms with Gasteiger partial charge in [-0.1, -0.05) is 13.0 Å². The maximum Gasteiger partial charge on any atom is 0.188 e. The third kappa shape index (κ3) is 6.82. The summed E-state index contributed by atoms with van der Waals surface area (Å²) in [6.45, 7) is 3.50. The molecule has 0 bridgehead atoms. The molecule has 1 atom stereocenters. The standard InChI is InChI=1S/C16H28N4O2.HI/c1-6-9-18-16(17)19-11-13(20(2)3)12-7-8-14(21-4)15(10-12)22-5;/h7-8,10,13H,6,9,11H2,1-5H3,(H3,17,18,19);1H. The molecule has 0 aliphatic carbocycles. The lowest BCUT2D eigenvalue weighted by atomic mass is 10.1.